The molecule has 0 radical (unpaired) electrons. The molecule has 1 spiro atoms. The van der Waals surface area contributed by atoms with Crippen molar-refractivity contribution in [2.45, 2.75) is 11.6 Å². The van der Waals surface area contributed by atoms with Crippen molar-refractivity contribution in [3.05, 3.63) is 0 Å². The fourth-order valence-corrected chi connectivity index (χ4v) is 2.69. The fraction of sp³-hybridized carbons (Fsp3) is 0.833. The van der Waals surface area contributed by atoms with Crippen molar-refractivity contribution >= 4 is 11.9 Å². The number of likely N-dealkylation sites (tertiary alicyclic amines) is 1. The van der Waals surface area contributed by atoms with Gasteiger partial charge in [0.15, 0.2) is 0 Å². The molecule has 2 heterocycles. The third-order valence-electron chi connectivity index (χ3n) is 3.78. The van der Waals surface area contributed by atoms with Crippen LogP contribution < -0.4 is 5.32 Å². The summed E-state index contributed by atoms with van der Waals surface area (Å²) in [6, 6.07) is -0.237. The van der Waals surface area contributed by atoms with Crippen LogP contribution in [0.1, 0.15) is 0 Å². The molecule has 2 saturated heterocycles. The Morgan fingerprint density at radius 3 is 2.42 bits per heavy atom. The van der Waals surface area contributed by atoms with Gasteiger partial charge in [0.05, 0.1) is 19.7 Å². The molecular formula is C12H22N4O3. The largest absolute Gasteiger partial charge is 0.368 e. The molecular weight excluding hydrogens is 248 g/mol. The number of likely N-dealkylation sites (N-methyl/N-ethyl adjacent to an activating group) is 2. The number of nitrogens with one attached hydrogen (secondary N) is 1. The first kappa shape index (κ1) is 14.1. The van der Waals surface area contributed by atoms with E-state index in [-0.39, 0.29) is 23.6 Å². The molecule has 108 valence electrons. The summed E-state index contributed by atoms with van der Waals surface area (Å²) in [5.41, 5.74) is -0.301. The number of urea groups is 1. The summed E-state index contributed by atoms with van der Waals surface area (Å²) in [5, 5.41) is 2.64. The minimum atomic E-state index is -0.301. The van der Waals surface area contributed by atoms with E-state index in [1.165, 1.54) is 0 Å². The third-order valence-corrected chi connectivity index (χ3v) is 3.78. The number of rotatable bonds is 1. The Hall–Kier alpha value is -1.34. The van der Waals surface area contributed by atoms with E-state index in [0.29, 0.717) is 26.2 Å². The van der Waals surface area contributed by atoms with Crippen LogP contribution >= 0.6 is 0 Å². The van der Waals surface area contributed by atoms with Gasteiger partial charge in [0.2, 0.25) is 5.91 Å². The lowest BCUT2D eigenvalue weighted by molar-refractivity contribution is -0.187. The molecule has 0 aromatic carbocycles. The highest BCUT2D eigenvalue weighted by molar-refractivity contribution is 5.81. The number of ether oxygens (including phenoxy) is 1. The lowest BCUT2D eigenvalue weighted by Crippen LogP contribution is -2.73. The van der Waals surface area contributed by atoms with Gasteiger partial charge in [-0.3, -0.25) is 9.69 Å². The van der Waals surface area contributed by atoms with Gasteiger partial charge in [0, 0.05) is 27.7 Å². The van der Waals surface area contributed by atoms with Crippen LogP contribution in [0.15, 0.2) is 0 Å². The molecule has 2 rings (SSSR count). The van der Waals surface area contributed by atoms with Crippen molar-refractivity contribution in [2.24, 2.45) is 0 Å². The topological polar surface area (TPSA) is 65.1 Å². The maximum absolute atomic E-state index is 11.8. The Morgan fingerprint density at radius 1 is 1.32 bits per heavy atom. The maximum atomic E-state index is 11.8. The van der Waals surface area contributed by atoms with Gasteiger partial charge in [-0.05, 0) is 7.05 Å². The normalized spacial score (nSPS) is 25.9. The van der Waals surface area contributed by atoms with Crippen LogP contribution in [0, 0.1) is 0 Å². The summed E-state index contributed by atoms with van der Waals surface area (Å²) in [6.45, 7) is 2.23. The molecule has 7 nitrogen and oxygen atoms in total. The predicted molar refractivity (Wildman–Crippen MR) is 69.8 cm³/mol. The summed E-state index contributed by atoms with van der Waals surface area (Å²) in [4.78, 5) is 28.7. The number of nitrogens with zero attached hydrogens (tertiary/aromatic N) is 3. The van der Waals surface area contributed by atoms with Crippen LogP contribution in [0.3, 0.4) is 0 Å². The molecule has 0 unspecified atom stereocenters. The van der Waals surface area contributed by atoms with E-state index in [1.807, 2.05) is 11.9 Å². The Morgan fingerprint density at radius 2 is 1.95 bits per heavy atom. The molecule has 0 bridgehead atoms. The molecule has 1 atom stereocenters. The highest BCUT2D eigenvalue weighted by atomic mass is 16.5. The van der Waals surface area contributed by atoms with Crippen LogP contribution in [0.5, 0.6) is 0 Å². The van der Waals surface area contributed by atoms with Gasteiger partial charge in [0.1, 0.15) is 11.6 Å². The molecule has 2 aliphatic heterocycles. The summed E-state index contributed by atoms with van der Waals surface area (Å²) in [6.07, 6.45) is 0. The number of morpholine rings is 1. The van der Waals surface area contributed by atoms with Crippen molar-refractivity contribution in [1.29, 1.82) is 0 Å². The number of hydrogen-bond acceptors (Lipinski definition) is 4. The maximum Gasteiger partial charge on any atom is 0.319 e. The Kier molecular flexibility index (Phi) is 3.69. The van der Waals surface area contributed by atoms with E-state index < -0.39 is 0 Å². The second-order valence-corrected chi connectivity index (χ2v) is 5.57. The minimum absolute atomic E-state index is 0.00491. The van der Waals surface area contributed by atoms with Crippen LogP contribution in [-0.2, 0) is 9.53 Å². The molecule has 0 aromatic rings. The summed E-state index contributed by atoms with van der Waals surface area (Å²) < 4.78 is 5.85. The predicted octanol–water partition coefficient (Wildman–Crippen LogP) is -1.20. The van der Waals surface area contributed by atoms with Crippen LogP contribution in [0.4, 0.5) is 4.79 Å². The highest BCUT2D eigenvalue weighted by Gasteiger charge is 2.51. The number of carbonyl (C=O) groups excluding carboxylic acids is 2. The average molecular weight is 270 g/mol. The van der Waals surface area contributed by atoms with Gasteiger partial charge >= 0.3 is 6.03 Å². The Labute approximate surface area is 113 Å². The average Bonchev–Trinajstić information content (AvgIpc) is 2.33. The van der Waals surface area contributed by atoms with E-state index in [4.69, 9.17) is 4.74 Å². The summed E-state index contributed by atoms with van der Waals surface area (Å²) in [5.74, 6) is -0.0297. The smallest absolute Gasteiger partial charge is 0.319 e. The minimum Gasteiger partial charge on any atom is -0.368 e. The van der Waals surface area contributed by atoms with Crippen molar-refractivity contribution in [1.82, 2.24) is 20.0 Å². The zero-order chi connectivity index (χ0) is 14.2. The van der Waals surface area contributed by atoms with E-state index in [0.717, 1.165) is 0 Å². The summed E-state index contributed by atoms with van der Waals surface area (Å²) >= 11 is 0. The zero-order valence-electron chi connectivity index (χ0n) is 12.0. The summed E-state index contributed by atoms with van der Waals surface area (Å²) in [7, 11) is 7.02. The van der Waals surface area contributed by atoms with Gasteiger partial charge in [0.25, 0.3) is 0 Å². The van der Waals surface area contributed by atoms with E-state index in [1.54, 1.807) is 30.9 Å². The molecule has 0 saturated carbocycles. The molecule has 0 aromatic heterocycles. The Balaban J connectivity index is 1.90. The van der Waals surface area contributed by atoms with Gasteiger partial charge in [-0.25, -0.2) is 4.79 Å². The highest BCUT2D eigenvalue weighted by Crippen LogP contribution is 2.30. The second kappa shape index (κ2) is 4.97. The first-order valence-electron chi connectivity index (χ1n) is 6.40. The van der Waals surface area contributed by atoms with E-state index in [9.17, 15) is 9.59 Å². The molecule has 2 aliphatic rings. The first-order valence-corrected chi connectivity index (χ1v) is 6.40. The number of carbonyl (C=O) groups is 2. The SMILES string of the molecule is CNC(=O)[C@H]1COC2(CN(C(=O)N(C)C)C2)CN1C. The Bertz CT molecular complexity index is 379. The van der Waals surface area contributed by atoms with E-state index in [2.05, 4.69) is 5.32 Å². The van der Waals surface area contributed by atoms with Crippen molar-refractivity contribution < 1.29 is 14.3 Å². The first-order chi connectivity index (χ1) is 8.88. The van der Waals surface area contributed by atoms with Crippen molar-refractivity contribution in [3.8, 4) is 0 Å². The number of amides is 3. The fourth-order valence-electron chi connectivity index (χ4n) is 2.69. The van der Waals surface area contributed by atoms with Crippen molar-refractivity contribution in [2.75, 3.05) is 54.4 Å². The molecule has 0 aliphatic carbocycles. The van der Waals surface area contributed by atoms with Crippen LogP contribution in [0.2, 0.25) is 0 Å². The van der Waals surface area contributed by atoms with Crippen molar-refractivity contribution in [3.63, 3.8) is 0 Å². The molecule has 1 N–H and O–H groups in total. The lowest BCUT2D eigenvalue weighted by Gasteiger charge is -2.54. The molecule has 7 heteroatoms. The third kappa shape index (κ3) is 2.52. The van der Waals surface area contributed by atoms with Gasteiger partial charge < -0.3 is 19.9 Å². The lowest BCUT2D eigenvalue weighted by atomic mass is 9.91. The van der Waals surface area contributed by atoms with Crippen LogP contribution in [0.25, 0.3) is 0 Å². The standard InChI is InChI=1S/C12H22N4O3/c1-13-10(17)9-5-19-12(6-15(9)4)7-16(8-12)11(18)14(2)3/h9H,5-8H2,1-4H3,(H,13,17)/t9-/m1/s1. The van der Waals surface area contributed by atoms with Gasteiger partial charge in [-0.15, -0.1) is 0 Å². The van der Waals surface area contributed by atoms with E-state index >= 15 is 0 Å². The quantitative estimate of drug-likeness (QED) is 0.650. The molecule has 2 fully saturated rings. The molecule has 3 amide bonds. The monoisotopic (exact) mass is 270 g/mol. The second-order valence-electron chi connectivity index (χ2n) is 5.57. The molecule has 19 heavy (non-hydrogen) atoms. The zero-order valence-corrected chi connectivity index (χ0v) is 12.0. The van der Waals surface area contributed by atoms with Gasteiger partial charge in [-0.1, -0.05) is 0 Å². The van der Waals surface area contributed by atoms with Gasteiger partial charge in [-0.2, -0.15) is 0 Å². The van der Waals surface area contributed by atoms with Crippen LogP contribution in [-0.4, -0.2) is 92.7 Å². The number of hydrogen-bond donors (Lipinski definition) is 1.